The van der Waals surface area contributed by atoms with Crippen LogP contribution in [0.1, 0.15) is 31.7 Å². The largest absolute Gasteiger partial charge is 0.310 e. The molecule has 0 radical (unpaired) electrons. The number of aryl methyl sites for hydroxylation is 1. The molecule has 96 valence electrons. The Bertz CT molecular complexity index is 453. The van der Waals surface area contributed by atoms with Gasteiger partial charge in [-0.2, -0.15) is 0 Å². The average Bonchev–Trinajstić information content (AvgIpc) is 2.32. The summed E-state index contributed by atoms with van der Waals surface area (Å²) in [6, 6.07) is 3.71. The van der Waals surface area contributed by atoms with E-state index in [0.717, 1.165) is 5.56 Å². The van der Waals surface area contributed by atoms with Crippen LogP contribution in [0.25, 0.3) is 0 Å². The summed E-state index contributed by atoms with van der Waals surface area (Å²) in [5.41, 5.74) is 1.06. The normalized spacial score (nSPS) is 23.8. The Hall–Kier alpha value is -1.71. The summed E-state index contributed by atoms with van der Waals surface area (Å²) in [5, 5.41) is 2.82. The van der Waals surface area contributed by atoms with Crippen molar-refractivity contribution in [3.05, 3.63) is 23.9 Å². The highest BCUT2D eigenvalue weighted by Gasteiger charge is 2.31. The lowest BCUT2D eigenvalue weighted by atomic mass is 9.79. The van der Waals surface area contributed by atoms with Gasteiger partial charge in [-0.05, 0) is 30.9 Å². The van der Waals surface area contributed by atoms with Gasteiger partial charge in [0.1, 0.15) is 11.6 Å². The van der Waals surface area contributed by atoms with Crippen LogP contribution in [0, 0.1) is 18.8 Å². The third-order valence-corrected chi connectivity index (χ3v) is 3.47. The Morgan fingerprint density at radius 3 is 2.83 bits per heavy atom. The molecule has 1 heterocycles. The van der Waals surface area contributed by atoms with Crippen molar-refractivity contribution in [3.8, 4) is 0 Å². The fourth-order valence-electron chi connectivity index (χ4n) is 2.35. The molecule has 1 amide bonds. The zero-order chi connectivity index (χ0) is 13.1. The standard InChI is InChI=1S/C14H18N2O2/c1-9-3-6-13(15-8-9)16-14(18)12-5-4-11(17)7-10(12)2/h3,6,8,10,12H,4-5,7H2,1-2H3,(H,15,16,18). The van der Waals surface area contributed by atoms with E-state index in [1.807, 2.05) is 19.9 Å². The number of ketones is 1. The molecule has 2 rings (SSSR count). The van der Waals surface area contributed by atoms with Crippen LogP contribution < -0.4 is 5.32 Å². The van der Waals surface area contributed by atoms with E-state index in [0.29, 0.717) is 25.1 Å². The van der Waals surface area contributed by atoms with Crippen molar-refractivity contribution in [1.29, 1.82) is 0 Å². The molecule has 18 heavy (non-hydrogen) atoms. The van der Waals surface area contributed by atoms with E-state index >= 15 is 0 Å². The van der Waals surface area contributed by atoms with Gasteiger partial charge in [-0.15, -0.1) is 0 Å². The van der Waals surface area contributed by atoms with Crippen molar-refractivity contribution >= 4 is 17.5 Å². The lowest BCUT2D eigenvalue weighted by molar-refractivity contribution is -0.127. The van der Waals surface area contributed by atoms with Crippen LogP contribution >= 0.6 is 0 Å². The zero-order valence-electron chi connectivity index (χ0n) is 10.8. The third-order valence-electron chi connectivity index (χ3n) is 3.47. The van der Waals surface area contributed by atoms with Gasteiger partial charge >= 0.3 is 0 Å². The maximum atomic E-state index is 12.1. The Morgan fingerprint density at radius 1 is 1.44 bits per heavy atom. The van der Waals surface area contributed by atoms with E-state index in [9.17, 15) is 9.59 Å². The first-order chi connectivity index (χ1) is 8.56. The van der Waals surface area contributed by atoms with Crippen molar-refractivity contribution < 1.29 is 9.59 Å². The van der Waals surface area contributed by atoms with E-state index in [2.05, 4.69) is 10.3 Å². The molecule has 0 bridgehead atoms. The number of carbonyl (C=O) groups is 2. The molecule has 0 aliphatic heterocycles. The number of anilines is 1. The predicted octanol–water partition coefficient (Wildman–Crippen LogP) is 2.33. The number of rotatable bonds is 2. The first kappa shape index (κ1) is 12.7. The van der Waals surface area contributed by atoms with Gasteiger partial charge in [0.15, 0.2) is 0 Å². The summed E-state index contributed by atoms with van der Waals surface area (Å²) in [4.78, 5) is 27.6. The molecule has 1 aromatic rings. The molecule has 2 unspecified atom stereocenters. The van der Waals surface area contributed by atoms with Crippen LogP contribution in [-0.4, -0.2) is 16.7 Å². The minimum absolute atomic E-state index is 0.0219. The second kappa shape index (κ2) is 5.29. The highest BCUT2D eigenvalue weighted by Crippen LogP contribution is 2.28. The molecule has 1 saturated carbocycles. The summed E-state index contributed by atoms with van der Waals surface area (Å²) < 4.78 is 0. The molecule has 1 aliphatic rings. The molecule has 0 spiro atoms. The Balaban J connectivity index is 1.99. The maximum absolute atomic E-state index is 12.1. The molecule has 0 saturated heterocycles. The van der Waals surface area contributed by atoms with Crippen LogP contribution in [-0.2, 0) is 9.59 Å². The number of carbonyl (C=O) groups excluding carboxylic acids is 2. The minimum Gasteiger partial charge on any atom is -0.310 e. The van der Waals surface area contributed by atoms with E-state index in [4.69, 9.17) is 0 Å². The topological polar surface area (TPSA) is 59.1 Å². The minimum atomic E-state index is -0.0780. The molecule has 4 nitrogen and oxygen atoms in total. The van der Waals surface area contributed by atoms with E-state index < -0.39 is 0 Å². The molecular formula is C14H18N2O2. The fourth-order valence-corrected chi connectivity index (χ4v) is 2.35. The van der Waals surface area contributed by atoms with Crippen LogP contribution in [0.4, 0.5) is 5.82 Å². The van der Waals surface area contributed by atoms with Crippen LogP contribution in [0.15, 0.2) is 18.3 Å². The summed E-state index contributed by atoms with van der Waals surface area (Å²) >= 11 is 0. The second-order valence-corrected chi connectivity index (χ2v) is 5.08. The number of hydrogen-bond donors (Lipinski definition) is 1. The quantitative estimate of drug-likeness (QED) is 0.871. The summed E-state index contributed by atoms with van der Waals surface area (Å²) in [6.45, 7) is 3.91. The van der Waals surface area contributed by atoms with Crippen molar-refractivity contribution in [2.75, 3.05) is 5.32 Å². The molecule has 1 N–H and O–H groups in total. The third kappa shape index (κ3) is 2.94. The van der Waals surface area contributed by atoms with Crippen molar-refractivity contribution in [2.45, 2.75) is 33.1 Å². The molecular weight excluding hydrogens is 228 g/mol. The van der Waals surface area contributed by atoms with E-state index in [-0.39, 0.29) is 23.5 Å². The SMILES string of the molecule is Cc1ccc(NC(=O)C2CCC(=O)CC2C)nc1. The average molecular weight is 246 g/mol. The Morgan fingerprint density at radius 2 is 2.22 bits per heavy atom. The summed E-state index contributed by atoms with van der Waals surface area (Å²) in [6.07, 6.45) is 3.41. The molecule has 4 heteroatoms. The van der Waals surface area contributed by atoms with E-state index in [1.165, 1.54) is 0 Å². The summed E-state index contributed by atoms with van der Waals surface area (Å²) in [7, 11) is 0. The number of nitrogens with zero attached hydrogens (tertiary/aromatic N) is 1. The molecule has 1 aliphatic carbocycles. The van der Waals surface area contributed by atoms with Crippen molar-refractivity contribution in [2.24, 2.45) is 11.8 Å². The number of hydrogen-bond acceptors (Lipinski definition) is 3. The number of nitrogens with one attached hydrogen (secondary N) is 1. The van der Waals surface area contributed by atoms with Gasteiger partial charge in [-0.25, -0.2) is 4.98 Å². The second-order valence-electron chi connectivity index (χ2n) is 5.08. The van der Waals surface area contributed by atoms with Crippen LogP contribution in [0.3, 0.4) is 0 Å². The van der Waals surface area contributed by atoms with Crippen molar-refractivity contribution in [3.63, 3.8) is 0 Å². The molecule has 1 aromatic heterocycles. The fraction of sp³-hybridized carbons (Fsp3) is 0.500. The number of amides is 1. The van der Waals surface area contributed by atoms with Gasteiger partial charge in [0.25, 0.3) is 0 Å². The smallest absolute Gasteiger partial charge is 0.228 e. The number of pyridine rings is 1. The molecule has 2 atom stereocenters. The monoisotopic (exact) mass is 246 g/mol. The first-order valence-corrected chi connectivity index (χ1v) is 6.31. The van der Waals surface area contributed by atoms with Gasteiger partial charge < -0.3 is 5.32 Å². The molecule has 1 fully saturated rings. The lowest BCUT2D eigenvalue weighted by Gasteiger charge is -2.26. The van der Waals surface area contributed by atoms with E-state index in [1.54, 1.807) is 12.3 Å². The Kier molecular flexibility index (Phi) is 3.75. The van der Waals surface area contributed by atoms with Gasteiger partial charge in [-0.1, -0.05) is 13.0 Å². The van der Waals surface area contributed by atoms with Crippen molar-refractivity contribution in [1.82, 2.24) is 4.98 Å². The Labute approximate surface area is 107 Å². The predicted molar refractivity (Wildman–Crippen MR) is 69.1 cm³/mol. The van der Waals surface area contributed by atoms with Gasteiger partial charge in [0.2, 0.25) is 5.91 Å². The highest BCUT2D eigenvalue weighted by molar-refractivity contribution is 5.93. The lowest BCUT2D eigenvalue weighted by Crippen LogP contribution is -2.33. The maximum Gasteiger partial charge on any atom is 0.228 e. The van der Waals surface area contributed by atoms with Gasteiger partial charge in [0.05, 0.1) is 0 Å². The summed E-state index contributed by atoms with van der Waals surface area (Å²) in [5.74, 6) is 0.864. The zero-order valence-corrected chi connectivity index (χ0v) is 10.8. The number of Topliss-reactive ketones (excluding diaryl/α,β-unsaturated/α-hetero) is 1. The number of aromatic nitrogens is 1. The van der Waals surface area contributed by atoms with Gasteiger partial charge in [-0.3, -0.25) is 9.59 Å². The first-order valence-electron chi connectivity index (χ1n) is 6.31. The van der Waals surface area contributed by atoms with Gasteiger partial charge in [0, 0.05) is 25.0 Å². The molecule has 0 aromatic carbocycles. The van der Waals surface area contributed by atoms with Crippen LogP contribution in [0.5, 0.6) is 0 Å². The van der Waals surface area contributed by atoms with Crippen LogP contribution in [0.2, 0.25) is 0 Å². The highest BCUT2D eigenvalue weighted by atomic mass is 16.2.